The van der Waals surface area contributed by atoms with E-state index >= 15 is 0 Å². The van der Waals surface area contributed by atoms with Gasteiger partial charge in [-0.2, -0.15) is 4.31 Å². The van der Waals surface area contributed by atoms with E-state index < -0.39 is 16.1 Å². The number of carbonyl (C=O) groups excluding carboxylic acids is 1. The number of carbonyl (C=O) groups is 1. The topological polar surface area (TPSA) is 97.8 Å². The molecule has 0 bridgehead atoms. The van der Waals surface area contributed by atoms with Crippen LogP contribution in [-0.2, 0) is 14.8 Å². The van der Waals surface area contributed by atoms with E-state index in [1.165, 1.54) is 15.6 Å². The zero-order valence-corrected chi connectivity index (χ0v) is 19.4. The molecule has 1 aliphatic rings. The molecular weight excluding hydrogens is 458 g/mol. The molecule has 0 aliphatic carbocycles. The fraction of sp³-hybridized carbons (Fsp3) is 0.300. The lowest BCUT2D eigenvalue weighted by atomic mass is 10.1. The Morgan fingerprint density at radius 3 is 2.71 bits per heavy atom. The number of thiazole rings is 1. The van der Waals surface area contributed by atoms with Gasteiger partial charge in [0.05, 0.1) is 19.9 Å². The average Bonchev–Trinajstić information content (AvgIpc) is 3.54. The molecule has 1 atom stereocenters. The van der Waals surface area contributed by atoms with Crippen LogP contribution >= 0.6 is 22.7 Å². The van der Waals surface area contributed by atoms with Crippen LogP contribution in [0.1, 0.15) is 12.8 Å². The van der Waals surface area contributed by atoms with Crippen LogP contribution in [0.25, 0.3) is 11.3 Å². The summed E-state index contributed by atoms with van der Waals surface area (Å²) in [6, 6.07) is 7.95. The number of ether oxygens (including phenoxy) is 2. The Hall–Kier alpha value is -2.47. The van der Waals surface area contributed by atoms with Gasteiger partial charge in [-0.25, -0.2) is 13.4 Å². The minimum absolute atomic E-state index is 0.247. The molecule has 4 rings (SSSR count). The summed E-state index contributed by atoms with van der Waals surface area (Å²) in [6.45, 7) is 0.326. The fourth-order valence-electron chi connectivity index (χ4n) is 3.46. The third kappa shape index (κ3) is 4.31. The van der Waals surface area contributed by atoms with Gasteiger partial charge in [0.2, 0.25) is 5.91 Å². The molecule has 164 valence electrons. The Morgan fingerprint density at radius 1 is 1.19 bits per heavy atom. The predicted molar refractivity (Wildman–Crippen MR) is 121 cm³/mol. The Labute approximate surface area is 188 Å². The van der Waals surface area contributed by atoms with Gasteiger partial charge in [0, 0.05) is 17.5 Å². The second-order valence-electron chi connectivity index (χ2n) is 6.80. The smallest absolute Gasteiger partial charge is 0.253 e. The highest BCUT2D eigenvalue weighted by Gasteiger charge is 2.40. The van der Waals surface area contributed by atoms with E-state index in [0.717, 1.165) is 16.9 Å². The van der Waals surface area contributed by atoms with E-state index in [-0.39, 0.29) is 10.1 Å². The molecule has 0 radical (unpaired) electrons. The molecule has 0 saturated carbocycles. The molecule has 1 amide bonds. The normalized spacial score (nSPS) is 16.9. The van der Waals surface area contributed by atoms with E-state index in [1.54, 1.807) is 37.8 Å². The zero-order chi connectivity index (χ0) is 22.0. The van der Waals surface area contributed by atoms with Crippen molar-refractivity contribution in [3.05, 3.63) is 41.1 Å². The Balaban J connectivity index is 1.50. The quantitative estimate of drug-likeness (QED) is 0.555. The molecule has 3 aromatic rings. The number of nitrogens with zero attached hydrogens (tertiary/aromatic N) is 2. The summed E-state index contributed by atoms with van der Waals surface area (Å²) in [5.41, 5.74) is 1.49. The monoisotopic (exact) mass is 479 g/mol. The number of methoxy groups -OCH3 is 2. The van der Waals surface area contributed by atoms with Crippen molar-refractivity contribution in [2.75, 3.05) is 26.1 Å². The molecule has 31 heavy (non-hydrogen) atoms. The van der Waals surface area contributed by atoms with E-state index in [0.29, 0.717) is 41.7 Å². The van der Waals surface area contributed by atoms with E-state index in [9.17, 15) is 13.2 Å². The van der Waals surface area contributed by atoms with Crippen LogP contribution in [0.3, 0.4) is 0 Å². The highest BCUT2D eigenvalue weighted by Crippen LogP contribution is 2.34. The SMILES string of the molecule is COc1ccc(-c2csc(NC(=O)C3CCCN3S(=O)(=O)c3cccs3)n2)cc1OC. The van der Waals surface area contributed by atoms with Crippen LogP contribution in [-0.4, -0.2) is 50.4 Å². The summed E-state index contributed by atoms with van der Waals surface area (Å²) in [5.74, 6) is 0.827. The molecule has 1 fully saturated rings. The lowest BCUT2D eigenvalue weighted by molar-refractivity contribution is -0.119. The Bertz CT molecular complexity index is 1170. The number of benzene rings is 1. The maximum absolute atomic E-state index is 12.9. The zero-order valence-electron chi connectivity index (χ0n) is 16.9. The van der Waals surface area contributed by atoms with E-state index in [1.807, 2.05) is 17.5 Å². The number of nitrogens with one attached hydrogen (secondary N) is 1. The minimum Gasteiger partial charge on any atom is -0.493 e. The molecule has 1 N–H and O–H groups in total. The summed E-state index contributed by atoms with van der Waals surface area (Å²) >= 11 is 2.43. The summed E-state index contributed by atoms with van der Waals surface area (Å²) < 4.78 is 37.9. The summed E-state index contributed by atoms with van der Waals surface area (Å²) in [5, 5.41) is 6.73. The summed E-state index contributed by atoms with van der Waals surface area (Å²) in [4.78, 5) is 17.4. The second-order valence-corrected chi connectivity index (χ2v) is 10.7. The van der Waals surface area contributed by atoms with Gasteiger partial charge in [-0.05, 0) is 42.5 Å². The van der Waals surface area contributed by atoms with Gasteiger partial charge < -0.3 is 14.8 Å². The fourth-order valence-corrected chi connectivity index (χ4v) is 6.96. The predicted octanol–water partition coefficient (Wildman–Crippen LogP) is 3.68. The van der Waals surface area contributed by atoms with Crippen molar-refractivity contribution >= 4 is 43.7 Å². The third-order valence-electron chi connectivity index (χ3n) is 4.98. The number of amides is 1. The summed E-state index contributed by atoms with van der Waals surface area (Å²) in [7, 11) is -0.556. The number of sulfonamides is 1. The van der Waals surface area contributed by atoms with Gasteiger partial charge in [-0.3, -0.25) is 4.79 Å². The standard InChI is InChI=1S/C20H21N3O5S3/c1-27-16-8-7-13(11-17(16)28-2)14-12-30-20(21-14)22-19(24)15-5-3-9-23(15)31(25,26)18-6-4-10-29-18/h4,6-8,10-12,15H,3,5,9H2,1-2H3,(H,21,22,24). The first kappa shape index (κ1) is 21.8. The lowest BCUT2D eigenvalue weighted by Crippen LogP contribution is -2.42. The van der Waals surface area contributed by atoms with E-state index in [2.05, 4.69) is 10.3 Å². The molecule has 1 saturated heterocycles. The van der Waals surface area contributed by atoms with Crippen molar-refractivity contribution in [1.29, 1.82) is 0 Å². The number of hydrogen-bond donors (Lipinski definition) is 1. The van der Waals surface area contributed by atoms with Crippen molar-refractivity contribution in [3.63, 3.8) is 0 Å². The van der Waals surface area contributed by atoms with E-state index in [4.69, 9.17) is 9.47 Å². The molecule has 0 spiro atoms. The number of thiophene rings is 1. The van der Waals surface area contributed by atoms with Crippen molar-refractivity contribution in [1.82, 2.24) is 9.29 Å². The first-order chi connectivity index (χ1) is 14.9. The minimum atomic E-state index is -3.69. The van der Waals surface area contributed by atoms with Crippen molar-refractivity contribution in [3.8, 4) is 22.8 Å². The number of rotatable bonds is 7. The van der Waals surface area contributed by atoms with Gasteiger partial charge >= 0.3 is 0 Å². The molecule has 1 aliphatic heterocycles. The highest BCUT2D eigenvalue weighted by molar-refractivity contribution is 7.91. The van der Waals surface area contributed by atoms with Gasteiger partial charge in [0.1, 0.15) is 10.3 Å². The van der Waals surface area contributed by atoms with Crippen LogP contribution < -0.4 is 14.8 Å². The molecule has 2 aromatic heterocycles. The number of anilines is 1. The Kier molecular flexibility index (Phi) is 6.28. The Morgan fingerprint density at radius 2 is 2.00 bits per heavy atom. The molecule has 11 heteroatoms. The van der Waals surface area contributed by atoms with Crippen LogP contribution in [0.5, 0.6) is 11.5 Å². The van der Waals surface area contributed by atoms with Gasteiger partial charge in [-0.15, -0.1) is 22.7 Å². The average molecular weight is 480 g/mol. The maximum Gasteiger partial charge on any atom is 0.253 e. The molecule has 3 heterocycles. The highest BCUT2D eigenvalue weighted by atomic mass is 32.2. The first-order valence-corrected chi connectivity index (χ1v) is 12.7. The van der Waals surface area contributed by atoms with Crippen molar-refractivity contribution < 1.29 is 22.7 Å². The third-order valence-corrected chi connectivity index (χ3v) is 9.02. The molecule has 1 unspecified atom stereocenters. The first-order valence-electron chi connectivity index (χ1n) is 9.48. The van der Waals surface area contributed by atoms with Gasteiger partial charge in [0.25, 0.3) is 10.0 Å². The molecular formula is C20H21N3O5S3. The second kappa shape index (κ2) is 8.95. The van der Waals surface area contributed by atoms with Crippen LogP contribution in [0.15, 0.2) is 45.3 Å². The van der Waals surface area contributed by atoms with Crippen LogP contribution in [0, 0.1) is 0 Å². The van der Waals surface area contributed by atoms with Crippen LogP contribution in [0.2, 0.25) is 0 Å². The summed E-state index contributed by atoms with van der Waals surface area (Å²) in [6.07, 6.45) is 1.11. The molecule has 8 nitrogen and oxygen atoms in total. The number of aromatic nitrogens is 1. The maximum atomic E-state index is 12.9. The lowest BCUT2D eigenvalue weighted by Gasteiger charge is -2.22. The molecule has 1 aromatic carbocycles. The number of hydrogen-bond acceptors (Lipinski definition) is 8. The van der Waals surface area contributed by atoms with Crippen LogP contribution in [0.4, 0.5) is 5.13 Å². The van der Waals surface area contributed by atoms with Gasteiger partial charge in [-0.1, -0.05) is 6.07 Å². The largest absolute Gasteiger partial charge is 0.493 e. The van der Waals surface area contributed by atoms with Crippen molar-refractivity contribution in [2.45, 2.75) is 23.1 Å². The van der Waals surface area contributed by atoms with Gasteiger partial charge in [0.15, 0.2) is 16.6 Å². The van der Waals surface area contributed by atoms with Crippen molar-refractivity contribution in [2.24, 2.45) is 0 Å².